The van der Waals surface area contributed by atoms with Gasteiger partial charge in [-0.05, 0) is 42.5 Å². The van der Waals surface area contributed by atoms with Crippen molar-refractivity contribution in [2.45, 2.75) is 38.7 Å². The Kier molecular flexibility index (Phi) is 6.71. The minimum atomic E-state index is -0.0752. The number of benzene rings is 2. The van der Waals surface area contributed by atoms with Crippen molar-refractivity contribution in [3.63, 3.8) is 0 Å². The maximum atomic E-state index is 12.3. The van der Waals surface area contributed by atoms with E-state index < -0.39 is 0 Å². The first-order chi connectivity index (χ1) is 13.1. The fraction of sp³-hybridized carbons (Fsp3) is 0.409. The van der Waals surface area contributed by atoms with Crippen molar-refractivity contribution in [2.75, 3.05) is 30.4 Å². The molecule has 1 heterocycles. The van der Waals surface area contributed by atoms with E-state index in [0.717, 1.165) is 42.1 Å². The first-order valence-corrected chi connectivity index (χ1v) is 9.59. The summed E-state index contributed by atoms with van der Waals surface area (Å²) in [6.45, 7) is 5.82. The molecule has 0 spiro atoms. The van der Waals surface area contributed by atoms with Crippen LogP contribution in [0.5, 0.6) is 5.75 Å². The molecule has 5 heteroatoms. The Morgan fingerprint density at radius 1 is 1.22 bits per heavy atom. The average Bonchev–Trinajstić information content (AvgIpc) is 3.19. The van der Waals surface area contributed by atoms with Gasteiger partial charge in [-0.3, -0.25) is 4.79 Å². The molecule has 1 fully saturated rings. The number of nitrogens with one attached hydrogen (secondary N) is 2. The van der Waals surface area contributed by atoms with Gasteiger partial charge in [0.05, 0.1) is 12.6 Å². The van der Waals surface area contributed by atoms with Crippen LogP contribution in [-0.2, 0) is 9.53 Å². The molecule has 0 saturated carbocycles. The Bertz CT molecular complexity index is 755. The van der Waals surface area contributed by atoms with Gasteiger partial charge in [-0.25, -0.2) is 0 Å². The van der Waals surface area contributed by atoms with Crippen LogP contribution in [0.1, 0.15) is 38.2 Å². The maximum Gasteiger partial charge on any atom is 0.243 e. The molecule has 0 aromatic heterocycles. The molecule has 0 radical (unpaired) electrons. The molecule has 0 aliphatic carbocycles. The maximum absolute atomic E-state index is 12.3. The molecule has 0 bridgehead atoms. The Labute approximate surface area is 161 Å². The summed E-state index contributed by atoms with van der Waals surface area (Å²) in [7, 11) is 0. The second-order valence-electron chi connectivity index (χ2n) is 7.12. The van der Waals surface area contributed by atoms with Crippen molar-refractivity contribution < 1.29 is 14.3 Å². The number of anilines is 2. The standard InChI is InChI=1S/C22H28N2O3/c1-16(2)20-10-3-4-11-21(20)24-22(25)14-23-17-7-5-8-18(13-17)27-15-19-9-6-12-26-19/h3-5,7-8,10-11,13,16,19,23H,6,9,12,14-15H2,1-2H3,(H,24,25). The van der Waals surface area contributed by atoms with Crippen LogP contribution in [0.2, 0.25) is 0 Å². The summed E-state index contributed by atoms with van der Waals surface area (Å²) in [6.07, 6.45) is 2.34. The number of hydrogen-bond acceptors (Lipinski definition) is 4. The first kappa shape index (κ1) is 19.2. The monoisotopic (exact) mass is 368 g/mol. The highest BCUT2D eigenvalue weighted by Crippen LogP contribution is 2.24. The van der Waals surface area contributed by atoms with Gasteiger partial charge in [-0.15, -0.1) is 0 Å². The molecule has 5 nitrogen and oxygen atoms in total. The quantitative estimate of drug-likeness (QED) is 0.724. The van der Waals surface area contributed by atoms with Gasteiger partial charge in [0.15, 0.2) is 0 Å². The SMILES string of the molecule is CC(C)c1ccccc1NC(=O)CNc1cccc(OCC2CCCO2)c1. The van der Waals surface area contributed by atoms with Gasteiger partial charge in [0, 0.05) is 24.0 Å². The first-order valence-electron chi connectivity index (χ1n) is 9.59. The lowest BCUT2D eigenvalue weighted by molar-refractivity contribution is -0.114. The Morgan fingerprint density at radius 2 is 2.07 bits per heavy atom. The second-order valence-corrected chi connectivity index (χ2v) is 7.12. The zero-order valence-electron chi connectivity index (χ0n) is 16.0. The van der Waals surface area contributed by atoms with E-state index in [1.54, 1.807) is 0 Å². The smallest absolute Gasteiger partial charge is 0.243 e. The summed E-state index contributed by atoms with van der Waals surface area (Å²) in [4.78, 5) is 12.3. The third-order valence-corrected chi connectivity index (χ3v) is 4.60. The number of ether oxygens (including phenoxy) is 2. The van der Waals surface area contributed by atoms with E-state index in [2.05, 4.69) is 24.5 Å². The molecule has 144 valence electrons. The van der Waals surface area contributed by atoms with Crippen molar-refractivity contribution >= 4 is 17.3 Å². The zero-order chi connectivity index (χ0) is 19.1. The lowest BCUT2D eigenvalue weighted by Crippen LogP contribution is -2.22. The minimum Gasteiger partial charge on any atom is -0.491 e. The van der Waals surface area contributed by atoms with Gasteiger partial charge in [-0.1, -0.05) is 38.1 Å². The largest absolute Gasteiger partial charge is 0.491 e. The van der Waals surface area contributed by atoms with Crippen LogP contribution in [0, 0.1) is 0 Å². The molecule has 1 atom stereocenters. The molecular weight excluding hydrogens is 340 g/mol. The average molecular weight is 368 g/mol. The van der Waals surface area contributed by atoms with Gasteiger partial charge in [-0.2, -0.15) is 0 Å². The summed E-state index contributed by atoms with van der Waals surface area (Å²) < 4.78 is 11.4. The molecule has 1 aliphatic heterocycles. The zero-order valence-corrected chi connectivity index (χ0v) is 16.0. The molecule has 27 heavy (non-hydrogen) atoms. The summed E-state index contributed by atoms with van der Waals surface area (Å²) in [5.74, 6) is 1.06. The molecule has 1 unspecified atom stereocenters. The number of para-hydroxylation sites is 1. The summed E-state index contributed by atoms with van der Waals surface area (Å²) >= 11 is 0. The summed E-state index contributed by atoms with van der Waals surface area (Å²) in [6, 6.07) is 15.6. The van der Waals surface area contributed by atoms with Crippen LogP contribution in [-0.4, -0.2) is 31.8 Å². The molecule has 1 aliphatic rings. The van der Waals surface area contributed by atoms with Gasteiger partial charge in [0.1, 0.15) is 12.4 Å². The number of carbonyl (C=O) groups excluding carboxylic acids is 1. The normalized spacial score (nSPS) is 16.3. The van der Waals surface area contributed by atoms with Crippen molar-refractivity contribution in [3.8, 4) is 5.75 Å². The van der Waals surface area contributed by atoms with E-state index in [0.29, 0.717) is 12.5 Å². The Morgan fingerprint density at radius 3 is 2.85 bits per heavy atom. The fourth-order valence-corrected chi connectivity index (χ4v) is 3.15. The number of amides is 1. The highest BCUT2D eigenvalue weighted by Gasteiger charge is 2.16. The molecule has 1 amide bonds. The van der Waals surface area contributed by atoms with Crippen LogP contribution >= 0.6 is 0 Å². The van der Waals surface area contributed by atoms with Crippen molar-refractivity contribution in [2.24, 2.45) is 0 Å². The molecular formula is C22H28N2O3. The van der Waals surface area contributed by atoms with Crippen LogP contribution < -0.4 is 15.4 Å². The molecule has 2 aromatic carbocycles. The van der Waals surface area contributed by atoms with Crippen molar-refractivity contribution in [1.82, 2.24) is 0 Å². The van der Waals surface area contributed by atoms with E-state index in [-0.39, 0.29) is 18.6 Å². The third kappa shape index (κ3) is 5.73. The predicted molar refractivity (Wildman–Crippen MR) is 109 cm³/mol. The Hall–Kier alpha value is -2.53. The van der Waals surface area contributed by atoms with Gasteiger partial charge >= 0.3 is 0 Å². The number of rotatable bonds is 8. The summed E-state index contributed by atoms with van der Waals surface area (Å²) in [5, 5.41) is 6.15. The van der Waals surface area contributed by atoms with Crippen LogP contribution in [0.3, 0.4) is 0 Å². The molecule has 1 saturated heterocycles. The van der Waals surface area contributed by atoms with Crippen molar-refractivity contribution in [1.29, 1.82) is 0 Å². The van der Waals surface area contributed by atoms with Crippen LogP contribution in [0.15, 0.2) is 48.5 Å². The molecule has 3 rings (SSSR count). The van der Waals surface area contributed by atoms with E-state index in [1.807, 2.05) is 48.5 Å². The lowest BCUT2D eigenvalue weighted by Gasteiger charge is -2.15. The van der Waals surface area contributed by atoms with Gasteiger partial charge in [0.25, 0.3) is 0 Å². The molecule has 2 N–H and O–H groups in total. The highest BCUT2D eigenvalue weighted by atomic mass is 16.5. The third-order valence-electron chi connectivity index (χ3n) is 4.60. The van der Waals surface area contributed by atoms with E-state index in [4.69, 9.17) is 9.47 Å². The van der Waals surface area contributed by atoms with E-state index >= 15 is 0 Å². The second kappa shape index (κ2) is 9.42. The number of carbonyl (C=O) groups is 1. The van der Waals surface area contributed by atoms with E-state index in [9.17, 15) is 4.79 Å². The van der Waals surface area contributed by atoms with Gasteiger partial charge < -0.3 is 20.1 Å². The summed E-state index contributed by atoms with van der Waals surface area (Å²) in [5.41, 5.74) is 2.86. The number of hydrogen-bond donors (Lipinski definition) is 2. The predicted octanol–water partition coefficient (Wildman–Crippen LogP) is 4.42. The van der Waals surface area contributed by atoms with Crippen molar-refractivity contribution in [3.05, 3.63) is 54.1 Å². The molecule has 2 aromatic rings. The van der Waals surface area contributed by atoms with Crippen LogP contribution in [0.25, 0.3) is 0 Å². The minimum absolute atomic E-state index is 0.0752. The topological polar surface area (TPSA) is 59.6 Å². The highest BCUT2D eigenvalue weighted by molar-refractivity contribution is 5.94. The van der Waals surface area contributed by atoms with E-state index in [1.165, 1.54) is 0 Å². The Balaban J connectivity index is 1.50. The van der Waals surface area contributed by atoms with Gasteiger partial charge in [0.2, 0.25) is 5.91 Å². The fourth-order valence-electron chi connectivity index (χ4n) is 3.15. The van der Waals surface area contributed by atoms with Crippen LogP contribution in [0.4, 0.5) is 11.4 Å². The lowest BCUT2D eigenvalue weighted by atomic mass is 10.0.